The number of piperidine rings is 1. The fourth-order valence-corrected chi connectivity index (χ4v) is 5.95. The van der Waals surface area contributed by atoms with Crippen LogP contribution < -0.4 is 26.8 Å². The van der Waals surface area contributed by atoms with Gasteiger partial charge in [-0.3, -0.25) is 9.59 Å². The van der Waals surface area contributed by atoms with Crippen molar-refractivity contribution in [1.82, 2.24) is 14.5 Å². The van der Waals surface area contributed by atoms with Gasteiger partial charge in [-0.05, 0) is 74.2 Å². The summed E-state index contributed by atoms with van der Waals surface area (Å²) in [5.74, 6) is -0.0635. The van der Waals surface area contributed by atoms with Crippen LogP contribution in [0.3, 0.4) is 0 Å². The highest BCUT2D eigenvalue weighted by molar-refractivity contribution is 7.16. The first-order chi connectivity index (χ1) is 19.9. The second-order valence-corrected chi connectivity index (χ2v) is 11.2. The molecule has 0 radical (unpaired) electrons. The van der Waals surface area contributed by atoms with Crippen LogP contribution in [-0.2, 0) is 7.05 Å². The Morgan fingerprint density at radius 3 is 2.68 bits per heavy atom. The molecule has 10 heteroatoms. The number of nitrogens with two attached hydrogens (primary N) is 1. The van der Waals surface area contributed by atoms with Crippen molar-refractivity contribution in [2.75, 3.05) is 34.4 Å². The third-order valence-electron chi connectivity index (χ3n) is 7.52. The molecule has 0 atom stereocenters. The molecule has 208 valence electrons. The van der Waals surface area contributed by atoms with Gasteiger partial charge in [-0.15, -0.1) is 11.3 Å². The van der Waals surface area contributed by atoms with E-state index in [1.807, 2.05) is 55.5 Å². The summed E-state index contributed by atoms with van der Waals surface area (Å²) in [6.07, 6.45) is 5.29. The van der Waals surface area contributed by atoms with Crippen LogP contribution in [0, 0.1) is 6.92 Å². The number of nitrogens with zero attached hydrogens (tertiary/aromatic N) is 4. The van der Waals surface area contributed by atoms with Crippen LogP contribution in [0.4, 0.5) is 28.6 Å². The van der Waals surface area contributed by atoms with E-state index in [9.17, 15) is 9.59 Å². The van der Waals surface area contributed by atoms with Gasteiger partial charge in [0.1, 0.15) is 0 Å². The number of benzene rings is 3. The Balaban J connectivity index is 1.26. The SMILES string of the molecule is Cc1c(NC(=O)c2ccc(N3CCCCC3)cc2N)cccc1-c1cn(C)c(=O)c(Nc2ccc3ncsc3c2)n1. The number of carbonyl (C=O) groups is 1. The van der Waals surface area contributed by atoms with E-state index in [0.717, 1.165) is 45.8 Å². The van der Waals surface area contributed by atoms with Crippen LogP contribution in [0.1, 0.15) is 35.2 Å². The quantitative estimate of drug-likeness (QED) is 0.218. The number of fused-ring (bicyclic) bond motifs is 1. The van der Waals surface area contributed by atoms with Crippen molar-refractivity contribution in [2.24, 2.45) is 7.05 Å². The lowest BCUT2D eigenvalue weighted by atomic mass is 10.0. The predicted molar refractivity (Wildman–Crippen MR) is 167 cm³/mol. The van der Waals surface area contributed by atoms with Gasteiger partial charge < -0.3 is 25.8 Å². The summed E-state index contributed by atoms with van der Waals surface area (Å²) >= 11 is 1.53. The molecule has 1 amide bonds. The monoisotopic (exact) mass is 565 g/mol. The highest BCUT2D eigenvalue weighted by atomic mass is 32.1. The molecule has 1 fully saturated rings. The molecule has 1 aliphatic heterocycles. The maximum Gasteiger partial charge on any atom is 0.293 e. The van der Waals surface area contributed by atoms with Gasteiger partial charge >= 0.3 is 0 Å². The van der Waals surface area contributed by atoms with Crippen molar-refractivity contribution in [3.8, 4) is 11.3 Å². The van der Waals surface area contributed by atoms with Gasteiger partial charge in [-0.25, -0.2) is 9.97 Å². The van der Waals surface area contributed by atoms with Gasteiger partial charge in [0, 0.05) is 54.6 Å². The van der Waals surface area contributed by atoms with Gasteiger partial charge in [-0.2, -0.15) is 0 Å². The molecule has 2 aromatic heterocycles. The summed E-state index contributed by atoms with van der Waals surface area (Å²) in [7, 11) is 1.70. The molecule has 41 heavy (non-hydrogen) atoms. The third kappa shape index (κ3) is 5.38. The molecular weight excluding hydrogens is 534 g/mol. The number of rotatable bonds is 6. The number of nitrogen functional groups attached to an aromatic ring is 1. The van der Waals surface area contributed by atoms with E-state index in [1.54, 1.807) is 24.8 Å². The zero-order valence-electron chi connectivity index (χ0n) is 23.0. The number of anilines is 5. The van der Waals surface area contributed by atoms with Crippen LogP contribution in [-0.4, -0.2) is 33.5 Å². The molecule has 1 saturated heterocycles. The summed E-state index contributed by atoms with van der Waals surface area (Å²) in [5, 5.41) is 6.20. The lowest BCUT2D eigenvalue weighted by Crippen LogP contribution is -2.29. The van der Waals surface area contributed by atoms with Crippen LogP contribution in [0.15, 0.2) is 71.1 Å². The molecule has 0 aliphatic carbocycles. The summed E-state index contributed by atoms with van der Waals surface area (Å²) < 4.78 is 2.52. The first-order valence-electron chi connectivity index (χ1n) is 13.6. The Morgan fingerprint density at radius 1 is 1.05 bits per heavy atom. The Hall–Kier alpha value is -4.70. The van der Waals surface area contributed by atoms with Crippen molar-refractivity contribution < 1.29 is 4.79 Å². The van der Waals surface area contributed by atoms with E-state index in [1.165, 1.54) is 35.2 Å². The Kier molecular flexibility index (Phi) is 7.15. The smallest absolute Gasteiger partial charge is 0.293 e. The first kappa shape index (κ1) is 26.5. The number of thiazole rings is 1. The standard InChI is InChI=1S/C31H31N7O2S/c1-19-22(27-17-37(2)31(40)29(35-27)34-20-9-12-26-28(15-20)41-18-33-26)7-6-8-25(19)36-30(39)23-11-10-21(16-24(23)32)38-13-4-3-5-14-38/h6-12,15-18H,3-5,13-14,32H2,1-2H3,(H,34,35)(H,36,39). The molecular formula is C31H31N7O2S. The second-order valence-electron chi connectivity index (χ2n) is 10.3. The van der Waals surface area contributed by atoms with E-state index in [4.69, 9.17) is 5.73 Å². The number of amides is 1. The minimum absolute atomic E-state index is 0.212. The molecule has 1 aliphatic rings. The molecule has 0 spiro atoms. The van der Waals surface area contributed by atoms with Crippen molar-refractivity contribution >= 4 is 56.0 Å². The molecule has 3 heterocycles. The first-order valence-corrected chi connectivity index (χ1v) is 14.5. The maximum atomic E-state index is 13.3. The van der Waals surface area contributed by atoms with Gasteiger partial charge in [-0.1, -0.05) is 12.1 Å². The molecule has 5 aromatic rings. The fraction of sp³-hybridized carbons (Fsp3) is 0.226. The third-order valence-corrected chi connectivity index (χ3v) is 8.32. The number of hydrogen-bond acceptors (Lipinski definition) is 8. The van der Waals surface area contributed by atoms with Crippen LogP contribution in [0.2, 0.25) is 0 Å². The van der Waals surface area contributed by atoms with Crippen molar-refractivity contribution in [1.29, 1.82) is 0 Å². The number of carbonyl (C=O) groups excluding carboxylic acids is 1. The predicted octanol–water partition coefficient (Wildman–Crippen LogP) is 5.93. The topological polar surface area (TPSA) is 118 Å². The largest absolute Gasteiger partial charge is 0.398 e. The number of nitrogens with one attached hydrogen (secondary N) is 2. The molecule has 9 nitrogen and oxygen atoms in total. The van der Waals surface area contributed by atoms with Gasteiger partial charge in [0.2, 0.25) is 0 Å². The van der Waals surface area contributed by atoms with Crippen molar-refractivity contribution in [2.45, 2.75) is 26.2 Å². The second kappa shape index (κ2) is 11.1. The van der Waals surface area contributed by atoms with Crippen molar-refractivity contribution in [3.05, 3.63) is 87.8 Å². The minimum atomic E-state index is -0.276. The van der Waals surface area contributed by atoms with Gasteiger partial charge in [0.15, 0.2) is 5.82 Å². The number of hydrogen-bond donors (Lipinski definition) is 3. The summed E-state index contributed by atoms with van der Waals surface area (Å²) in [4.78, 5) is 37.5. The van der Waals surface area contributed by atoms with E-state index in [0.29, 0.717) is 22.6 Å². The number of aryl methyl sites for hydroxylation is 1. The zero-order chi connectivity index (χ0) is 28.5. The van der Waals surface area contributed by atoms with E-state index < -0.39 is 0 Å². The summed E-state index contributed by atoms with van der Waals surface area (Å²) in [6.45, 7) is 3.94. The average Bonchev–Trinajstić information content (AvgIpc) is 3.45. The van der Waals surface area contributed by atoms with Crippen LogP contribution >= 0.6 is 11.3 Å². The van der Waals surface area contributed by atoms with Crippen molar-refractivity contribution in [3.63, 3.8) is 0 Å². The molecule has 0 unspecified atom stereocenters. The Labute approximate surface area is 241 Å². The fourth-order valence-electron chi connectivity index (χ4n) is 5.23. The summed E-state index contributed by atoms with van der Waals surface area (Å²) in [6, 6.07) is 17.0. The van der Waals surface area contributed by atoms with E-state index in [2.05, 4.69) is 25.5 Å². The van der Waals surface area contributed by atoms with Crippen LogP contribution in [0.25, 0.3) is 21.5 Å². The van der Waals surface area contributed by atoms with Crippen LogP contribution in [0.5, 0.6) is 0 Å². The van der Waals surface area contributed by atoms with E-state index >= 15 is 0 Å². The van der Waals surface area contributed by atoms with E-state index in [-0.39, 0.29) is 17.3 Å². The minimum Gasteiger partial charge on any atom is -0.398 e. The molecule has 3 aromatic carbocycles. The Morgan fingerprint density at radius 2 is 1.88 bits per heavy atom. The normalized spacial score (nSPS) is 13.4. The lowest BCUT2D eigenvalue weighted by Gasteiger charge is -2.29. The highest BCUT2D eigenvalue weighted by Gasteiger charge is 2.18. The highest BCUT2D eigenvalue weighted by Crippen LogP contribution is 2.30. The lowest BCUT2D eigenvalue weighted by molar-refractivity contribution is 0.102. The molecule has 0 bridgehead atoms. The molecule has 6 rings (SSSR count). The Bertz CT molecular complexity index is 1820. The van der Waals surface area contributed by atoms with Gasteiger partial charge in [0.25, 0.3) is 11.5 Å². The molecule has 4 N–H and O–H groups in total. The van der Waals surface area contributed by atoms with Gasteiger partial charge in [0.05, 0.1) is 27.0 Å². The summed E-state index contributed by atoms with van der Waals surface area (Å²) in [5.41, 5.74) is 14.4. The number of aromatic nitrogens is 3. The average molecular weight is 566 g/mol. The zero-order valence-corrected chi connectivity index (χ0v) is 23.8. The molecule has 0 saturated carbocycles. The maximum absolute atomic E-state index is 13.3.